The highest BCUT2D eigenvalue weighted by atomic mass is 35.5. The van der Waals surface area contributed by atoms with Gasteiger partial charge in [-0.05, 0) is 49.0 Å². The highest BCUT2D eigenvalue weighted by Gasteiger charge is 2.35. The molecule has 1 aromatic heterocycles. The molecule has 0 saturated carbocycles. The van der Waals surface area contributed by atoms with Crippen LogP contribution in [0.2, 0.25) is 5.02 Å². The Balaban J connectivity index is 1.83. The van der Waals surface area contributed by atoms with E-state index in [9.17, 15) is 14.9 Å². The Bertz CT molecular complexity index is 1270. The quantitative estimate of drug-likeness (QED) is 0.218. The van der Waals surface area contributed by atoms with Crippen LogP contribution < -0.4 is 10.6 Å². The van der Waals surface area contributed by atoms with Gasteiger partial charge < -0.3 is 19.8 Å². The number of nitro benzene ring substituents is 1. The monoisotopic (exact) mass is 483 g/mol. The van der Waals surface area contributed by atoms with Gasteiger partial charge in [0.2, 0.25) is 0 Å². The number of ether oxygens (including phenoxy) is 1. The zero-order chi connectivity index (χ0) is 23.5. The van der Waals surface area contributed by atoms with Gasteiger partial charge in [0, 0.05) is 11.1 Å². The fourth-order valence-electron chi connectivity index (χ4n) is 3.56. The van der Waals surface area contributed by atoms with Crippen LogP contribution in [0.25, 0.3) is 17.0 Å². The van der Waals surface area contributed by atoms with E-state index in [-0.39, 0.29) is 34.2 Å². The van der Waals surface area contributed by atoms with Crippen molar-refractivity contribution >= 4 is 46.3 Å². The molecule has 0 unspecified atom stereocenters. The number of carbonyl (C=O) groups excluding carboxylic acids is 1. The first-order chi connectivity index (χ1) is 15.9. The van der Waals surface area contributed by atoms with E-state index in [0.29, 0.717) is 16.6 Å². The van der Waals surface area contributed by atoms with Gasteiger partial charge in [0.15, 0.2) is 5.11 Å². The predicted octanol–water partition coefficient (Wildman–Crippen LogP) is 5.00. The van der Waals surface area contributed by atoms with Crippen LogP contribution in [0, 0.1) is 10.1 Å². The molecule has 0 spiro atoms. The Hall–Kier alpha value is -3.69. The second kappa shape index (κ2) is 9.43. The van der Waals surface area contributed by atoms with Crippen LogP contribution in [-0.2, 0) is 9.53 Å². The number of benzene rings is 2. The summed E-state index contributed by atoms with van der Waals surface area (Å²) in [6, 6.07) is 16.0. The number of hydrogen-bond donors (Lipinski definition) is 2. The summed E-state index contributed by atoms with van der Waals surface area (Å²) >= 11 is 11.3. The molecule has 0 bridgehead atoms. The minimum Gasteiger partial charge on any atom is -0.463 e. The lowest BCUT2D eigenvalue weighted by Crippen LogP contribution is -2.45. The van der Waals surface area contributed by atoms with Gasteiger partial charge in [-0.1, -0.05) is 41.9 Å². The Morgan fingerprint density at radius 1 is 1.21 bits per heavy atom. The first-order valence-electron chi connectivity index (χ1n) is 9.97. The number of nitrogens with one attached hydrogen (secondary N) is 2. The largest absolute Gasteiger partial charge is 0.463 e. The number of rotatable bonds is 6. The molecule has 2 aromatic carbocycles. The van der Waals surface area contributed by atoms with Crippen LogP contribution in [-0.4, -0.2) is 22.6 Å². The van der Waals surface area contributed by atoms with E-state index in [0.717, 1.165) is 5.56 Å². The maximum absolute atomic E-state index is 13.0. The number of nitro groups is 1. The summed E-state index contributed by atoms with van der Waals surface area (Å²) < 4.78 is 11.3. The summed E-state index contributed by atoms with van der Waals surface area (Å²) in [7, 11) is 0. The first-order valence-corrected chi connectivity index (χ1v) is 10.8. The van der Waals surface area contributed by atoms with Crippen molar-refractivity contribution in [2.75, 3.05) is 6.61 Å². The summed E-state index contributed by atoms with van der Waals surface area (Å²) in [5.41, 5.74) is 1.59. The average molecular weight is 484 g/mol. The molecule has 2 heterocycles. The molecule has 8 nitrogen and oxygen atoms in total. The average Bonchev–Trinajstić information content (AvgIpc) is 3.29. The Kier molecular flexibility index (Phi) is 6.43. The van der Waals surface area contributed by atoms with Gasteiger partial charge in [0.1, 0.15) is 17.6 Å². The van der Waals surface area contributed by atoms with Crippen LogP contribution in [0.3, 0.4) is 0 Å². The molecule has 0 aliphatic carbocycles. The molecule has 1 aliphatic rings. The highest BCUT2D eigenvalue weighted by molar-refractivity contribution is 7.80. The number of thiocarbonyl (C=S) groups is 1. The van der Waals surface area contributed by atoms with Crippen LogP contribution >= 0.6 is 23.8 Å². The van der Waals surface area contributed by atoms with Gasteiger partial charge >= 0.3 is 5.97 Å². The summed E-state index contributed by atoms with van der Waals surface area (Å²) in [5.74, 6) is 0.0537. The van der Waals surface area contributed by atoms with E-state index >= 15 is 0 Å². The topological polar surface area (TPSA) is 107 Å². The molecule has 3 aromatic rings. The third-order valence-corrected chi connectivity index (χ3v) is 5.42. The number of furan rings is 1. The minimum atomic E-state index is -0.770. The van der Waals surface area contributed by atoms with Gasteiger partial charge in [-0.3, -0.25) is 10.1 Å². The molecular weight excluding hydrogens is 466 g/mol. The molecule has 10 heteroatoms. The second-order valence-electron chi connectivity index (χ2n) is 7.03. The number of carbonyl (C=O) groups is 1. The van der Waals surface area contributed by atoms with Crippen molar-refractivity contribution in [2.45, 2.75) is 13.0 Å². The molecule has 4 rings (SSSR count). The van der Waals surface area contributed by atoms with Gasteiger partial charge in [0.25, 0.3) is 5.69 Å². The lowest BCUT2D eigenvalue weighted by molar-refractivity contribution is -0.384. The van der Waals surface area contributed by atoms with Crippen LogP contribution in [0.15, 0.2) is 70.7 Å². The summed E-state index contributed by atoms with van der Waals surface area (Å²) in [6.45, 7) is 1.90. The lowest BCUT2D eigenvalue weighted by Gasteiger charge is -2.29. The van der Waals surface area contributed by atoms with E-state index in [1.54, 1.807) is 25.1 Å². The zero-order valence-electron chi connectivity index (χ0n) is 17.3. The van der Waals surface area contributed by atoms with Crippen LogP contribution in [0.4, 0.5) is 5.69 Å². The molecule has 0 fully saturated rings. The third-order valence-electron chi connectivity index (χ3n) is 4.96. The molecule has 33 heavy (non-hydrogen) atoms. The number of nitrogens with zero attached hydrogens (tertiary/aromatic N) is 1. The molecule has 0 saturated heterocycles. The molecule has 0 amide bonds. The van der Waals surface area contributed by atoms with Gasteiger partial charge in [0.05, 0.1) is 28.4 Å². The van der Waals surface area contributed by atoms with Gasteiger partial charge in [-0.15, -0.1) is 0 Å². The minimum absolute atomic E-state index is 0.182. The third kappa shape index (κ3) is 4.59. The summed E-state index contributed by atoms with van der Waals surface area (Å²) in [5, 5.41) is 18.1. The zero-order valence-corrected chi connectivity index (χ0v) is 18.9. The molecular formula is C23H18ClN3O5S. The maximum Gasteiger partial charge on any atom is 0.338 e. The van der Waals surface area contributed by atoms with Crippen molar-refractivity contribution in [3.63, 3.8) is 0 Å². The molecule has 1 aliphatic heterocycles. The van der Waals surface area contributed by atoms with E-state index in [1.807, 2.05) is 30.3 Å². The Labute approximate surface area is 199 Å². The molecule has 2 N–H and O–H groups in total. The predicted molar refractivity (Wildman–Crippen MR) is 127 cm³/mol. The van der Waals surface area contributed by atoms with Crippen molar-refractivity contribution in [1.29, 1.82) is 0 Å². The van der Waals surface area contributed by atoms with E-state index in [2.05, 4.69) is 10.6 Å². The standard InChI is InChI=1S/C23H18ClN3O5S/c1-2-31-22(28)19-20(13-6-4-3-5-7-13)25-23(33)26-21(19)18-11-10-17(32-18)15-9-8-14(24)12-16(15)27(29)30/h3-12,21H,2H2,1H3,(H2,25,26,33)/t21-/m0/s1. The number of hydrogen-bond acceptors (Lipinski definition) is 6. The normalized spacial score (nSPS) is 15.6. The molecule has 168 valence electrons. The van der Waals surface area contributed by atoms with Crippen LogP contribution in [0.1, 0.15) is 24.3 Å². The van der Waals surface area contributed by atoms with Crippen molar-refractivity contribution in [1.82, 2.24) is 10.6 Å². The van der Waals surface area contributed by atoms with Gasteiger partial charge in [-0.2, -0.15) is 0 Å². The Morgan fingerprint density at radius 2 is 1.97 bits per heavy atom. The second-order valence-corrected chi connectivity index (χ2v) is 7.87. The highest BCUT2D eigenvalue weighted by Crippen LogP contribution is 2.37. The smallest absolute Gasteiger partial charge is 0.338 e. The van der Waals surface area contributed by atoms with Crippen molar-refractivity contribution in [3.8, 4) is 11.3 Å². The first kappa shape index (κ1) is 22.5. The fraction of sp³-hybridized carbons (Fsp3) is 0.130. The van der Waals surface area contributed by atoms with E-state index in [1.165, 1.54) is 12.1 Å². The van der Waals surface area contributed by atoms with E-state index < -0.39 is 16.9 Å². The number of halogens is 1. The molecule has 0 radical (unpaired) electrons. The summed E-state index contributed by atoms with van der Waals surface area (Å²) in [6.07, 6.45) is 0. The van der Waals surface area contributed by atoms with E-state index in [4.69, 9.17) is 33.0 Å². The van der Waals surface area contributed by atoms with Crippen LogP contribution in [0.5, 0.6) is 0 Å². The van der Waals surface area contributed by atoms with Crippen molar-refractivity contribution < 1.29 is 18.9 Å². The summed E-state index contributed by atoms with van der Waals surface area (Å²) in [4.78, 5) is 24.0. The molecule has 1 atom stereocenters. The number of esters is 1. The fourth-order valence-corrected chi connectivity index (χ4v) is 3.94. The Morgan fingerprint density at radius 3 is 2.67 bits per heavy atom. The SMILES string of the molecule is CCOC(=O)C1=C(c2ccccc2)NC(=S)N[C@H]1c1ccc(-c2ccc(Cl)cc2[N+](=O)[O-])o1. The van der Waals surface area contributed by atoms with Crippen molar-refractivity contribution in [2.24, 2.45) is 0 Å². The van der Waals surface area contributed by atoms with Gasteiger partial charge in [-0.25, -0.2) is 4.79 Å². The maximum atomic E-state index is 13.0. The lowest BCUT2D eigenvalue weighted by atomic mass is 9.96. The van der Waals surface area contributed by atoms with Crippen molar-refractivity contribution in [3.05, 3.63) is 92.7 Å².